The van der Waals surface area contributed by atoms with Crippen molar-refractivity contribution in [2.45, 2.75) is 59.5 Å². The Bertz CT molecular complexity index is 387. The topological polar surface area (TPSA) is 66.0 Å². The smallest absolute Gasteiger partial charge is 0.410 e. The Morgan fingerprint density at radius 2 is 1.91 bits per heavy atom. The monoisotopic (exact) mass is 326 g/mol. The van der Waals surface area contributed by atoms with Gasteiger partial charge in [0.1, 0.15) is 5.60 Å². The van der Waals surface area contributed by atoms with E-state index in [4.69, 9.17) is 4.74 Å². The van der Waals surface area contributed by atoms with Crippen molar-refractivity contribution < 1.29 is 9.53 Å². The number of hydrogen-bond acceptors (Lipinski definition) is 3. The maximum atomic E-state index is 12.2. The molecule has 0 heterocycles. The molecule has 0 radical (unpaired) electrons. The van der Waals surface area contributed by atoms with Gasteiger partial charge in [0.25, 0.3) is 0 Å². The van der Waals surface area contributed by atoms with Crippen LogP contribution in [-0.2, 0) is 4.74 Å². The SMILES string of the molecule is CCCN(CCNC(=NCC1CC1)NCC)C(=O)OC(C)(C)C. The first-order valence-corrected chi connectivity index (χ1v) is 8.85. The number of amides is 1. The number of guanidine groups is 1. The van der Waals surface area contributed by atoms with Crippen LogP contribution in [0.5, 0.6) is 0 Å². The molecule has 6 heteroatoms. The summed E-state index contributed by atoms with van der Waals surface area (Å²) in [6.45, 7) is 13.5. The number of carbonyl (C=O) groups excluding carboxylic acids is 1. The van der Waals surface area contributed by atoms with Crippen LogP contribution in [0, 0.1) is 5.92 Å². The molecular weight excluding hydrogens is 292 g/mol. The number of hydrogen-bond donors (Lipinski definition) is 2. The van der Waals surface area contributed by atoms with E-state index in [9.17, 15) is 4.79 Å². The van der Waals surface area contributed by atoms with Gasteiger partial charge in [0.15, 0.2) is 5.96 Å². The zero-order valence-electron chi connectivity index (χ0n) is 15.4. The van der Waals surface area contributed by atoms with Crippen LogP contribution in [0.25, 0.3) is 0 Å². The number of nitrogens with one attached hydrogen (secondary N) is 2. The van der Waals surface area contributed by atoms with Crippen LogP contribution in [0.1, 0.15) is 53.9 Å². The van der Waals surface area contributed by atoms with Gasteiger partial charge >= 0.3 is 6.09 Å². The fourth-order valence-electron chi connectivity index (χ4n) is 2.06. The van der Waals surface area contributed by atoms with E-state index in [1.807, 2.05) is 20.8 Å². The van der Waals surface area contributed by atoms with E-state index in [-0.39, 0.29) is 6.09 Å². The summed E-state index contributed by atoms with van der Waals surface area (Å²) in [6.07, 6.45) is 3.26. The zero-order chi connectivity index (χ0) is 17.3. The summed E-state index contributed by atoms with van der Waals surface area (Å²) in [5.41, 5.74) is -0.461. The molecule has 1 fully saturated rings. The van der Waals surface area contributed by atoms with Crippen molar-refractivity contribution >= 4 is 12.1 Å². The quantitative estimate of drug-likeness (QED) is 0.531. The highest BCUT2D eigenvalue weighted by atomic mass is 16.6. The molecule has 0 aliphatic heterocycles. The number of ether oxygens (including phenoxy) is 1. The van der Waals surface area contributed by atoms with Gasteiger partial charge in [-0.15, -0.1) is 0 Å². The molecule has 23 heavy (non-hydrogen) atoms. The zero-order valence-corrected chi connectivity index (χ0v) is 15.4. The van der Waals surface area contributed by atoms with Crippen LogP contribution in [0.3, 0.4) is 0 Å². The number of nitrogens with zero attached hydrogens (tertiary/aromatic N) is 2. The Balaban J connectivity index is 2.42. The Labute approximate surface area is 141 Å². The lowest BCUT2D eigenvalue weighted by molar-refractivity contribution is 0.0253. The summed E-state index contributed by atoms with van der Waals surface area (Å²) in [7, 11) is 0. The lowest BCUT2D eigenvalue weighted by Gasteiger charge is -2.27. The Hall–Kier alpha value is -1.46. The molecule has 134 valence electrons. The third-order valence-electron chi connectivity index (χ3n) is 3.37. The third-order valence-corrected chi connectivity index (χ3v) is 3.37. The normalized spacial score (nSPS) is 15.3. The highest BCUT2D eigenvalue weighted by molar-refractivity contribution is 5.79. The fourth-order valence-corrected chi connectivity index (χ4v) is 2.06. The Kier molecular flexibility index (Phi) is 8.20. The second-order valence-electron chi connectivity index (χ2n) is 7.06. The number of rotatable bonds is 8. The molecule has 1 rings (SSSR count). The third kappa shape index (κ3) is 9.31. The first-order chi connectivity index (χ1) is 10.9. The van der Waals surface area contributed by atoms with Gasteiger partial charge in [-0.2, -0.15) is 0 Å². The van der Waals surface area contributed by atoms with Crippen molar-refractivity contribution in [1.29, 1.82) is 0 Å². The average Bonchev–Trinajstić information content (AvgIpc) is 3.26. The molecule has 2 N–H and O–H groups in total. The van der Waals surface area contributed by atoms with Crippen LogP contribution in [0.2, 0.25) is 0 Å². The fraction of sp³-hybridized carbons (Fsp3) is 0.882. The van der Waals surface area contributed by atoms with Gasteiger partial charge < -0.3 is 20.3 Å². The van der Waals surface area contributed by atoms with Crippen molar-refractivity contribution in [3.8, 4) is 0 Å². The lowest BCUT2D eigenvalue weighted by Crippen LogP contribution is -2.44. The van der Waals surface area contributed by atoms with Gasteiger partial charge in [-0.25, -0.2) is 4.79 Å². The molecule has 1 saturated carbocycles. The maximum Gasteiger partial charge on any atom is 0.410 e. The maximum absolute atomic E-state index is 12.2. The predicted molar refractivity (Wildman–Crippen MR) is 94.8 cm³/mol. The molecule has 0 aromatic rings. The molecule has 0 bridgehead atoms. The number of aliphatic imine (C=N–C) groups is 1. The Morgan fingerprint density at radius 3 is 2.43 bits per heavy atom. The standard InChI is InChI=1S/C17H34N4O2/c1-6-11-21(16(22)23-17(3,4)5)12-10-19-15(18-7-2)20-13-14-8-9-14/h14H,6-13H2,1-5H3,(H2,18,19,20). The van der Waals surface area contributed by atoms with Gasteiger partial charge in [0, 0.05) is 32.7 Å². The van der Waals surface area contributed by atoms with E-state index >= 15 is 0 Å². The first kappa shape index (κ1) is 19.6. The van der Waals surface area contributed by atoms with E-state index in [0.717, 1.165) is 31.4 Å². The summed E-state index contributed by atoms with van der Waals surface area (Å²) >= 11 is 0. The average molecular weight is 326 g/mol. The second-order valence-corrected chi connectivity index (χ2v) is 7.06. The van der Waals surface area contributed by atoms with Gasteiger partial charge in [-0.05, 0) is 52.9 Å². The summed E-state index contributed by atoms with van der Waals surface area (Å²) in [4.78, 5) is 18.5. The Morgan fingerprint density at radius 1 is 1.22 bits per heavy atom. The van der Waals surface area contributed by atoms with Crippen LogP contribution >= 0.6 is 0 Å². The van der Waals surface area contributed by atoms with E-state index in [0.29, 0.717) is 19.6 Å². The van der Waals surface area contributed by atoms with E-state index < -0.39 is 5.60 Å². The molecule has 0 unspecified atom stereocenters. The molecule has 0 saturated heterocycles. The molecule has 1 aliphatic carbocycles. The summed E-state index contributed by atoms with van der Waals surface area (Å²) in [5, 5.41) is 6.54. The van der Waals surface area contributed by atoms with Crippen molar-refractivity contribution in [2.24, 2.45) is 10.9 Å². The molecule has 1 aliphatic rings. The summed E-state index contributed by atoms with van der Waals surface area (Å²) in [5.74, 6) is 1.60. The molecule has 0 atom stereocenters. The van der Waals surface area contributed by atoms with Crippen molar-refractivity contribution in [3.05, 3.63) is 0 Å². The molecule has 0 aromatic heterocycles. The van der Waals surface area contributed by atoms with Crippen LogP contribution in [0.15, 0.2) is 4.99 Å². The van der Waals surface area contributed by atoms with Gasteiger partial charge in [-0.3, -0.25) is 4.99 Å². The van der Waals surface area contributed by atoms with Gasteiger partial charge in [0.05, 0.1) is 0 Å². The van der Waals surface area contributed by atoms with Crippen LogP contribution < -0.4 is 10.6 Å². The minimum absolute atomic E-state index is 0.249. The van der Waals surface area contributed by atoms with Crippen molar-refractivity contribution in [3.63, 3.8) is 0 Å². The van der Waals surface area contributed by atoms with E-state index in [2.05, 4.69) is 29.5 Å². The molecule has 1 amide bonds. The minimum atomic E-state index is -0.461. The van der Waals surface area contributed by atoms with Crippen molar-refractivity contribution in [2.75, 3.05) is 32.7 Å². The molecular formula is C17H34N4O2. The molecule has 6 nitrogen and oxygen atoms in total. The van der Waals surface area contributed by atoms with Crippen LogP contribution in [-0.4, -0.2) is 55.3 Å². The largest absolute Gasteiger partial charge is 0.444 e. The summed E-state index contributed by atoms with van der Waals surface area (Å²) < 4.78 is 5.46. The van der Waals surface area contributed by atoms with E-state index in [1.165, 1.54) is 12.8 Å². The minimum Gasteiger partial charge on any atom is -0.444 e. The summed E-state index contributed by atoms with van der Waals surface area (Å²) in [6, 6.07) is 0. The lowest BCUT2D eigenvalue weighted by atomic mass is 10.2. The highest BCUT2D eigenvalue weighted by Gasteiger charge is 2.22. The highest BCUT2D eigenvalue weighted by Crippen LogP contribution is 2.28. The second kappa shape index (κ2) is 9.63. The first-order valence-electron chi connectivity index (χ1n) is 8.85. The molecule has 0 spiro atoms. The predicted octanol–water partition coefficient (Wildman–Crippen LogP) is 2.60. The van der Waals surface area contributed by atoms with Gasteiger partial charge in [-0.1, -0.05) is 6.92 Å². The molecule has 0 aromatic carbocycles. The number of carbonyl (C=O) groups is 1. The van der Waals surface area contributed by atoms with E-state index in [1.54, 1.807) is 4.90 Å². The van der Waals surface area contributed by atoms with Gasteiger partial charge in [0.2, 0.25) is 0 Å². The van der Waals surface area contributed by atoms with Crippen molar-refractivity contribution in [1.82, 2.24) is 15.5 Å². The van der Waals surface area contributed by atoms with Crippen LogP contribution in [0.4, 0.5) is 4.79 Å².